The lowest BCUT2D eigenvalue weighted by Crippen LogP contribution is -2.73. The molecule has 2 aliphatic rings. The van der Waals surface area contributed by atoms with Gasteiger partial charge >= 0.3 is 0 Å². The molecule has 0 saturated heterocycles. The molecule has 0 fully saturated rings. The Hall–Kier alpha value is -1.17. The number of halogens is 1. The Labute approximate surface area is 292 Å². The van der Waals surface area contributed by atoms with Gasteiger partial charge in [0.1, 0.15) is 12.4 Å². The van der Waals surface area contributed by atoms with Crippen LogP contribution in [-0.2, 0) is 67.0 Å². The molecule has 0 saturated carbocycles. The Morgan fingerprint density at radius 1 is 0.553 bits per heavy atom. The summed E-state index contributed by atoms with van der Waals surface area (Å²) in [4.78, 5) is 0. The summed E-state index contributed by atoms with van der Waals surface area (Å²) in [6.07, 6.45) is 0. The smallest absolute Gasteiger partial charge is 0.256 e. The fraction of sp³-hybridized carbons (Fsp3) is 0.657. The summed E-state index contributed by atoms with van der Waals surface area (Å²) in [6, 6.07) is 9.98. The van der Waals surface area contributed by atoms with E-state index in [0.29, 0.717) is 32.5 Å². The molecule has 0 aliphatic heterocycles. The van der Waals surface area contributed by atoms with E-state index in [1.54, 1.807) is 42.7 Å². The molecule has 2 aliphatic carbocycles. The third-order valence-corrected chi connectivity index (χ3v) is 20.5. The van der Waals surface area contributed by atoms with E-state index >= 15 is 0 Å². The molecular formula is C35H55BrO9Si2. The average Bonchev–Trinajstić information content (AvgIpc) is 2.99. The Balaban J connectivity index is 2.18. The Morgan fingerprint density at radius 2 is 0.915 bits per heavy atom. The number of benzene rings is 2. The van der Waals surface area contributed by atoms with Crippen molar-refractivity contribution in [3.63, 3.8) is 0 Å². The van der Waals surface area contributed by atoms with Gasteiger partial charge in [-0.25, -0.2) is 0 Å². The van der Waals surface area contributed by atoms with Crippen LogP contribution < -0.4 is 4.74 Å². The van der Waals surface area contributed by atoms with Crippen LogP contribution >= 0.6 is 15.9 Å². The van der Waals surface area contributed by atoms with Gasteiger partial charge in [0.25, 0.3) is 17.4 Å². The zero-order valence-corrected chi connectivity index (χ0v) is 34.7. The van der Waals surface area contributed by atoms with Crippen molar-refractivity contribution in [1.29, 1.82) is 0 Å². The summed E-state index contributed by atoms with van der Waals surface area (Å²) in [5.41, 5.74) is 3.58. The molecule has 0 heterocycles. The van der Waals surface area contributed by atoms with Gasteiger partial charge in [-0.2, -0.15) is 0 Å². The predicted octanol–water partition coefficient (Wildman–Crippen LogP) is 8.59. The largest absolute Gasteiger partial charge is 0.487 e. The van der Waals surface area contributed by atoms with Crippen LogP contribution in [0.4, 0.5) is 0 Å². The van der Waals surface area contributed by atoms with Gasteiger partial charge < -0.3 is 42.0 Å². The van der Waals surface area contributed by atoms with Crippen LogP contribution in [0.25, 0.3) is 0 Å². The molecule has 0 bridgehead atoms. The minimum Gasteiger partial charge on any atom is -0.487 e. The van der Waals surface area contributed by atoms with Crippen LogP contribution in [0.3, 0.4) is 0 Å². The summed E-state index contributed by atoms with van der Waals surface area (Å²) in [5, 5.41) is -0.349. The number of rotatable bonds is 13. The molecule has 47 heavy (non-hydrogen) atoms. The Morgan fingerprint density at radius 3 is 1.30 bits per heavy atom. The highest BCUT2D eigenvalue weighted by atomic mass is 79.9. The number of hydrogen-bond donors (Lipinski definition) is 0. The molecule has 2 aromatic carbocycles. The third kappa shape index (κ3) is 5.19. The Kier molecular flexibility index (Phi) is 10.3. The van der Waals surface area contributed by atoms with Crippen molar-refractivity contribution < 1.29 is 42.0 Å². The second-order valence-electron chi connectivity index (χ2n) is 15.3. The van der Waals surface area contributed by atoms with Gasteiger partial charge in [0.05, 0.1) is 10.0 Å². The number of methoxy groups -OCH3 is 6. The molecule has 0 spiro atoms. The fourth-order valence-electron chi connectivity index (χ4n) is 6.31. The standard InChI is InChI=1S/C35H55BrO9Si2/c1-30(2,3)46(13,14)44-34(41-11)24-25-27(35(42-12,32(25,37-7)38-8)45-47(15,16)31(4,5)6)29(43-22-23-20-18-17-19-21-23)28(36)26(24)33(34,39-9)40-10/h17-21H,22H2,1-16H3. The van der Waals surface area contributed by atoms with Gasteiger partial charge in [-0.3, -0.25) is 0 Å². The predicted molar refractivity (Wildman–Crippen MR) is 190 cm³/mol. The van der Waals surface area contributed by atoms with Crippen molar-refractivity contribution >= 4 is 32.6 Å². The fourth-order valence-corrected chi connectivity index (χ4v) is 9.77. The topological polar surface area (TPSA) is 83.1 Å². The van der Waals surface area contributed by atoms with Crippen LogP contribution in [0.15, 0.2) is 34.8 Å². The summed E-state index contributed by atoms with van der Waals surface area (Å²) in [6.45, 7) is 22.0. The van der Waals surface area contributed by atoms with E-state index in [2.05, 4.69) is 83.7 Å². The molecule has 0 amide bonds. The molecule has 2 unspecified atom stereocenters. The van der Waals surface area contributed by atoms with E-state index < -0.39 is 39.8 Å². The van der Waals surface area contributed by atoms with Crippen LogP contribution in [0.1, 0.15) is 69.4 Å². The first-order chi connectivity index (χ1) is 21.6. The second-order valence-corrected chi connectivity index (χ2v) is 25.6. The molecule has 0 aromatic heterocycles. The minimum atomic E-state index is -2.57. The SMILES string of the molecule is COC1(OC)c2c(Br)c(OCc3ccccc3)c3c(c2C1(OC)O[Si](C)(C)C(C)(C)C)C(OC)(OC)C3(OC)O[Si](C)(C)C(C)(C)C. The average molecular weight is 756 g/mol. The second kappa shape index (κ2) is 12.6. The van der Waals surface area contributed by atoms with E-state index in [0.717, 1.165) is 5.56 Å². The molecule has 0 N–H and O–H groups in total. The maximum Gasteiger partial charge on any atom is 0.256 e. The maximum absolute atomic E-state index is 7.26. The molecule has 4 rings (SSSR count). The Bertz CT molecular complexity index is 1460. The van der Waals surface area contributed by atoms with Gasteiger partial charge in [-0.1, -0.05) is 71.9 Å². The van der Waals surface area contributed by atoms with E-state index in [-0.39, 0.29) is 16.7 Å². The lowest BCUT2D eigenvalue weighted by molar-refractivity contribution is -0.433. The lowest BCUT2D eigenvalue weighted by atomic mass is 9.61. The van der Waals surface area contributed by atoms with Crippen molar-refractivity contribution in [2.24, 2.45) is 0 Å². The summed E-state index contributed by atoms with van der Waals surface area (Å²) in [5.74, 6) is -5.56. The first kappa shape index (κ1) is 38.6. The molecular weight excluding hydrogens is 700 g/mol. The minimum absolute atomic E-state index is 0.174. The van der Waals surface area contributed by atoms with Gasteiger partial charge in [0.2, 0.25) is 5.79 Å². The maximum atomic E-state index is 7.26. The first-order valence-corrected chi connectivity index (χ1v) is 22.5. The highest BCUT2D eigenvalue weighted by Crippen LogP contribution is 2.74. The van der Waals surface area contributed by atoms with Crippen LogP contribution in [-0.4, -0.2) is 59.3 Å². The highest BCUT2D eigenvalue weighted by molar-refractivity contribution is 9.10. The summed E-state index contributed by atoms with van der Waals surface area (Å²) in [7, 11) is 4.44. The van der Waals surface area contributed by atoms with E-state index in [4.69, 9.17) is 42.0 Å². The van der Waals surface area contributed by atoms with Gasteiger partial charge in [-0.15, -0.1) is 0 Å². The normalized spacial score (nSPS) is 23.4. The molecule has 2 aromatic rings. The van der Waals surface area contributed by atoms with Gasteiger partial charge in [-0.05, 0) is 57.8 Å². The van der Waals surface area contributed by atoms with Gasteiger partial charge in [0.15, 0.2) is 16.6 Å². The van der Waals surface area contributed by atoms with E-state index in [1.165, 1.54) is 0 Å². The van der Waals surface area contributed by atoms with Gasteiger partial charge in [0, 0.05) is 59.3 Å². The highest BCUT2D eigenvalue weighted by Gasteiger charge is 2.80. The van der Waals surface area contributed by atoms with Crippen LogP contribution in [0, 0.1) is 0 Å². The van der Waals surface area contributed by atoms with Crippen molar-refractivity contribution in [3.05, 3.63) is 62.6 Å². The molecule has 9 nitrogen and oxygen atoms in total. The molecule has 2 atom stereocenters. The van der Waals surface area contributed by atoms with E-state index in [9.17, 15) is 0 Å². The molecule has 264 valence electrons. The zero-order valence-electron chi connectivity index (χ0n) is 31.1. The van der Waals surface area contributed by atoms with Crippen molar-refractivity contribution in [2.45, 2.75) is 108 Å². The van der Waals surface area contributed by atoms with Crippen LogP contribution in [0.2, 0.25) is 36.3 Å². The number of hydrogen-bond acceptors (Lipinski definition) is 9. The monoisotopic (exact) mass is 754 g/mol. The summed E-state index contributed by atoms with van der Waals surface area (Å²) < 4.78 is 60.2. The van der Waals surface area contributed by atoms with Crippen molar-refractivity contribution in [3.8, 4) is 5.75 Å². The van der Waals surface area contributed by atoms with Crippen molar-refractivity contribution in [1.82, 2.24) is 0 Å². The summed E-state index contributed by atoms with van der Waals surface area (Å²) >= 11 is 3.95. The first-order valence-electron chi connectivity index (χ1n) is 15.9. The number of ether oxygens (including phenoxy) is 7. The zero-order chi connectivity index (χ0) is 35.6. The lowest BCUT2D eigenvalue weighted by Gasteiger charge is -2.65. The van der Waals surface area contributed by atoms with Crippen molar-refractivity contribution in [2.75, 3.05) is 42.7 Å². The number of fused-ring (bicyclic) bond motifs is 3. The molecule has 0 radical (unpaired) electrons. The quantitative estimate of drug-likeness (QED) is 0.148. The third-order valence-electron chi connectivity index (χ3n) is 10.9. The molecule has 12 heteroatoms. The van der Waals surface area contributed by atoms with E-state index in [1.807, 2.05) is 30.3 Å². The van der Waals surface area contributed by atoms with Crippen LogP contribution in [0.5, 0.6) is 5.75 Å².